The van der Waals surface area contributed by atoms with Crippen LogP contribution >= 0.6 is 0 Å². The van der Waals surface area contributed by atoms with E-state index in [1.807, 2.05) is 45.9 Å². The molecule has 0 aliphatic heterocycles. The minimum absolute atomic E-state index is 0.295. The van der Waals surface area contributed by atoms with Crippen LogP contribution in [0.5, 0.6) is 0 Å². The molecule has 0 saturated carbocycles. The molecule has 6 nitrogen and oxygen atoms in total. The summed E-state index contributed by atoms with van der Waals surface area (Å²) in [5.74, 6) is 0. The number of nitrogens with two attached hydrogens (primary N) is 1. The fourth-order valence-corrected chi connectivity index (χ4v) is 3.20. The lowest BCUT2D eigenvalue weighted by molar-refractivity contribution is 0.559. The number of hydrogen-bond donors (Lipinski definition) is 2. The van der Waals surface area contributed by atoms with Crippen LogP contribution in [0.1, 0.15) is 23.6 Å². The van der Waals surface area contributed by atoms with Gasteiger partial charge in [-0.05, 0) is 62.6 Å². The summed E-state index contributed by atoms with van der Waals surface area (Å²) in [6, 6.07) is 12.2. The molecule has 0 aliphatic rings. The maximum atomic E-state index is 11.3. The van der Waals surface area contributed by atoms with Gasteiger partial charge in [0, 0.05) is 53.0 Å². The van der Waals surface area contributed by atoms with Crippen LogP contribution in [-0.4, -0.2) is 6.54 Å². The van der Waals surface area contributed by atoms with Gasteiger partial charge in [0.1, 0.15) is 11.2 Å². The maximum absolute atomic E-state index is 11.3. The van der Waals surface area contributed by atoms with Crippen molar-refractivity contribution < 1.29 is 8.83 Å². The van der Waals surface area contributed by atoms with Crippen LogP contribution in [0.3, 0.4) is 0 Å². The van der Waals surface area contributed by atoms with Crippen molar-refractivity contribution in [1.29, 1.82) is 0 Å². The standard InChI is InChI=1S/C13H15NO2.C10H9NO2/c1-4-14-11-7-12-10(5-9(11)3)8(2)6-13(15)16-12;1-6-4-10(12)13-9-5-7(11)2-3-8(6)9/h5-7,14H,4H2,1-3H3;2-5H,11H2,1H3. The van der Waals surface area contributed by atoms with Gasteiger partial charge in [-0.2, -0.15) is 0 Å². The normalized spacial score (nSPS) is 10.6. The molecule has 29 heavy (non-hydrogen) atoms. The molecule has 0 atom stereocenters. The summed E-state index contributed by atoms with van der Waals surface area (Å²) >= 11 is 0. The monoisotopic (exact) mass is 392 g/mol. The molecule has 0 aliphatic carbocycles. The van der Waals surface area contributed by atoms with Gasteiger partial charge < -0.3 is 19.9 Å². The Morgan fingerprint density at radius 3 is 2.00 bits per heavy atom. The molecular formula is C23H24N2O4. The van der Waals surface area contributed by atoms with Crippen LogP contribution in [0.25, 0.3) is 21.9 Å². The highest BCUT2D eigenvalue weighted by Gasteiger charge is 2.06. The molecule has 4 rings (SSSR count). The molecule has 150 valence electrons. The van der Waals surface area contributed by atoms with Crippen LogP contribution in [0.2, 0.25) is 0 Å². The predicted octanol–water partition coefficient (Wildman–Crippen LogP) is 4.53. The zero-order valence-corrected chi connectivity index (χ0v) is 17.0. The van der Waals surface area contributed by atoms with Crippen LogP contribution in [-0.2, 0) is 0 Å². The summed E-state index contributed by atoms with van der Waals surface area (Å²) < 4.78 is 10.2. The van der Waals surface area contributed by atoms with Crippen LogP contribution < -0.4 is 22.3 Å². The SMILES string of the molecule is CCNc1cc2oc(=O)cc(C)c2cc1C.Cc1cc(=O)oc2cc(N)ccc12. The van der Waals surface area contributed by atoms with E-state index in [4.69, 9.17) is 14.6 Å². The number of nitrogen functional groups attached to an aromatic ring is 1. The maximum Gasteiger partial charge on any atom is 0.336 e. The molecule has 6 heteroatoms. The van der Waals surface area contributed by atoms with Crippen molar-refractivity contribution in [2.45, 2.75) is 27.7 Å². The first-order valence-electron chi connectivity index (χ1n) is 9.37. The summed E-state index contributed by atoms with van der Waals surface area (Å²) in [7, 11) is 0. The highest BCUT2D eigenvalue weighted by molar-refractivity contribution is 5.85. The Balaban J connectivity index is 0.000000169. The molecule has 3 N–H and O–H groups in total. The Kier molecular flexibility index (Phi) is 5.73. The lowest BCUT2D eigenvalue weighted by atomic mass is 10.1. The average Bonchev–Trinajstić information content (AvgIpc) is 2.63. The summed E-state index contributed by atoms with van der Waals surface area (Å²) in [4.78, 5) is 22.3. The Labute approximate surface area is 168 Å². The van der Waals surface area contributed by atoms with Crippen molar-refractivity contribution in [1.82, 2.24) is 0 Å². The first kappa shape index (κ1) is 20.2. The first-order chi connectivity index (χ1) is 13.8. The van der Waals surface area contributed by atoms with E-state index < -0.39 is 0 Å². The molecule has 2 aromatic carbocycles. The lowest BCUT2D eigenvalue weighted by Gasteiger charge is -2.09. The van der Waals surface area contributed by atoms with Crippen molar-refractivity contribution >= 4 is 33.3 Å². The number of aryl methyl sites for hydroxylation is 3. The van der Waals surface area contributed by atoms with Crippen molar-refractivity contribution in [2.75, 3.05) is 17.6 Å². The average molecular weight is 392 g/mol. The Morgan fingerprint density at radius 2 is 1.38 bits per heavy atom. The first-order valence-corrected chi connectivity index (χ1v) is 9.37. The number of benzene rings is 2. The second kappa shape index (κ2) is 8.22. The summed E-state index contributed by atoms with van der Waals surface area (Å²) in [6.45, 7) is 8.72. The summed E-state index contributed by atoms with van der Waals surface area (Å²) in [6.07, 6.45) is 0. The second-order valence-corrected chi connectivity index (χ2v) is 6.95. The van der Waals surface area contributed by atoms with Gasteiger partial charge in [-0.1, -0.05) is 0 Å². The molecule has 0 bridgehead atoms. The van der Waals surface area contributed by atoms with Gasteiger partial charge in [-0.3, -0.25) is 0 Å². The number of anilines is 2. The Morgan fingerprint density at radius 1 is 0.793 bits per heavy atom. The number of hydrogen-bond acceptors (Lipinski definition) is 6. The van der Waals surface area contributed by atoms with E-state index in [0.29, 0.717) is 16.9 Å². The summed E-state index contributed by atoms with van der Waals surface area (Å²) in [5.41, 5.74) is 10.8. The van der Waals surface area contributed by atoms with E-state index in [-0.39, 0.29) is 11.3 Å². The molecular weight excluding hydrogens is 368 g/mol. The van der Waals surface area contributed by atoms with E-state index in [1.165, 1.54) is 12.1 Å². The molecule has 0 fully saturated rings. The minimum atomic E-state index is -0.337. The molecule has 0 amide bonds. The zero-order chi connectivity index (χ0) is 21.1. The third-order valence-electron chi connectivity index (χ3n) is 4.64. The van der Waals surface area contributed by atoms with E-state index in [1.54, 1.807) is 12.1 Å². The molecule has 0 saturated heterocycles. The third-order valence-corrected chi connectivity index (χ3v) is 4.64. The molecule has 0 spiro atoms. The van der Waals surface area contributed by atoms with Gasteiger partial charge in [-0.15, -0.1) is 0 Å². The van der Waals surface area contributed by atoms with Crippen molar-refractivity contribution in [3.8, 4) is 0 Å². The Bertz CT molecular complexity index is 1300. The predicted molar refractivity (Wildman–Crippen MR) is 118 cm³/mol. The highest BCUT2D eigenvalue weighted by atomic mass is 16.4. The van der Waals surface area contributed by atoms with Crippen molar-refractivity contribution in [3.05, 3.63) is 80.0 Å². The fourth-order valence-electron chi connectivity index (χ4n) is 3.20. The van der Waals surface area contributed by atoms with Gasteiger partial charge in [-0.25, -0.2) is 9.59 Å². The highest BCUT2D eigenvalue weighted by Crippen LogP contribution is 2.24. The number of fused-ring (bicyclic) bond motifs is 2. The van der Waals surface area contributed by atoms with Crippen LogP contribution in [0.15, 0.2) is 60.9 Å². The third kappa shape index (κ3) is 4.48. The van der Waals surface area contributed by atoms with Gasteiger partial charge in [0.25, 0.3) is 0 Å². The molecule has 0 radical (unpaired) electrons. The molecule has 0 unspecified atom stereocenters. The molecule has 4 aromatic rings. The van der Waals surface area contributed by atoms with Gasteiger partial charge in [0.2, 0.25) is 0 Å². The lowest BCUT2D eigenvalue weighted by Crippen LogP contribution is -2.01. The second-order valence-electron chi connectivity index (χ2n) is 6.95. The van der Waals surface area contributed by atoms with Crippen molar-refractivity contribution in [2.24, 2.45) is 0 Å². The van der Waals surface area contributed by atoms with Gasteiger partial charge >= 0.3 is 11.3 Å². The van der Waals surface area contributed by atoms with Gasteiger partial charge in [0.15, 0.2) is 0 Å². The Hall–Kier alpha value is -3.54. The fraction of sp³-hybridized carbons (Fsp3) is 0.217. The van der Waals surface area contributed by atoms with Gasteiger partial charge in [0.05, 0.1) is 0 Å². The van der Waals surface area contributed by atoms with Crippen LogP contribution in [0.4, 0.5) is 11.4 Å². The molecule has 2 aromatic heterocycles. The quantitative estimate of drug-likeness (QED) is 0.384. The van der Waals surface area contributed by atoms with Crippen molar-refractivity contribution in [3.63, 3.8) is 0 Å². The summed E-state index contributed by atoms with van der Waals surface area (Å²) in [5, 5.41) is 5.17. The van der Waals surface area contributed by atoms with E-state index in [9.17, 15) is 9.59 Å². The zero-order valence-electron chi connectivity index (χ0n) is 17.0. The van der Waals surface area contributed by atoms with E-state index in [0.717, 1.165) is 39.7 Å². The smallest absolute Gasteiger partial charge is 0.336 e. The molecule has 2 heterocycles. The van der Waals surface area contributed by atoms with E-state index >= 15 is 0 Å². The van der Waals surface area contributed by atoms with Crippen LogP contribution in [0, 0.1) is 20.8 Å². The number of rotatable bonds is 2. The van der Waals surface area contributed by atoms with E-state index in [2.05, 4.69) is 5.32 Å². The number of nitrogens with one attached hydrogen (secondary N) is 1. The largest absolute Gasteiger partial charge is 0.423 e. The topological polar surface area (TPSA) is 98.5 Å². The minimum Gasteiger partial charge on any atom is -0.423 e.